The summed E-state index contributed by atoms with van der Waals surface area (Å²) in [5, 5.41) is 23.2. The zero-order chi connectivity index (χ0) is 13.9. The van der Waals surface area contributed by atoms with Gasteiger partial charge in [-0.2, -0.15) is 0 Å². The molecule has 0 atom stereocenters. The van der Waals surface area contributed by atoms with Crippen molar-refractivity contribution in [2.75, 3.05) is 5.32 Å². The van der Waals surface area contributed by atoms with E-state index in [2.05, 4.69) is 15.5 Å². The first-order chi connectivity index (χ1) is 9.72. The third-order valence-electron chi connectivity index (χ3n) is 2.85. The Labute approximate surface area is 123 Å². The number of thioether (sulfide) groups is 1. The summed E-state index contributed by atoms with van der Waals surface area (Å²) in [7, 11) is 0. The molecule has 2 aromatic rings. The van der Waals surface area contributed by atoms with Crippen LogP contribution in [0.3, 0.4) is 0 Å². The maximum atomic E-state index is 10.9. The molecule has 3 rings (SSSR count). The van der Waals surface area contributed by atoms with Crippen molar-refractivity contribution in [3.05, 3.63) is 39.9 Å². The van der Waals surface area contributed by atoms with Crippen molar-refractivity contribution in [2.45, 2.75) is 29.0 Å². The molecular weight excluding hydrogens is 296 g/mol. The van der Waals surface area contributed by atoms with E-state index in [1.165, 1.54) is 42.0 Å². The quantitative estimate of drug-likeness (QED) is 0.501. The van der Waals surface area contributed by atoms with Crippen molar-refractivity contribution < 1.29 is 4.92 Å². The topological polar surface area (TPSA) is 81.0 Å². The fraction of sp³-hybridized carbons (Fsp3) is 0.333. The van der Waals surface area contributed by atoms with Gasteiger partial charge in [0, 0.05) is 23.4 Å². The highest BCUT2D eigenvalue weighted by Gasteiger charge is 2.22. The van der Waals surface area contributed by atoms with Crippen LogP contribution >= 0.6 is 23.1 Å². The number of aromatic nitrogens is 2. The van der Waals surface area contributed by atoms with Gasteiger partial charge in [0.15, 0.2) is 4.34 Å². The van der Waals surface area contributed by atoms with E-state index in [1.54, 1.807) is 12.1 Å². The Balaban J connectivity index is 1.63. The normalized spacial score (nSPS) is 14.2. The van der Waals surface area contributed by atoms with Crippen molar-refractivity contribution in [3.8, 4) is 0 Å². The van der Waals surface area contributed by atoms with E-state index in [4.69, 9.17) is 0 Å². The van der Waals surface area contributed by atoms with Crippen molar-refractivity contribution in [1.29, 1.82) is 0 Å². The molecule has 8 heteroatoms. The van der Waals surface area contributed by atoms with Crippen LogP contribution in [0.25, 0.3) is 0 Å². The van der Waals surface area contributed by atoms with E-state index < -0.39 is 0 Å². The third-order valence-corrected chi connectivity index (χ3v) is 4.89. The number of nitro groups is 1. The maximum Gasteiger partial charge on any atom is 0.273 e. The lowest BCUT2D eigenvalue weighted by Crippen LogP contribution is -1.99. The number of anilines is 1. The van der Waals surface area contributed by atoms with Crippen LogP contribution in [0.2, 0.25) is 0 Å². The van der Waals surface area contributed by atoms with E-state index in [9.17, 15) is 10.1 Å². The molecule has 1 aliphatic rings. The van der Waals surface area contributed by atoms with Crippen LogP contribution in [0.1, 0.15) is 18.4 Å². The van der Waals surface area contributed by atoms with Gasteiger partial charge in [0.25, 0.3) is 5.69 Å². The van der Waals surface area contributed by atoms with Gasteiger partial charge in [-0.3, -0.25) is 10.1 Å². The van der Waals surface area contributed by atoms with Crippen LogP contribution in [0.4, 0.5) is 10.8 Å². The summed E-state index contributed by atoms with van der Waals surface area (Å²) in [6.07, 6.45) is 2.39. The molecule has 104 valence electrons. The summed E-state index contributed by atoms with van der Waals surface area (Å²) in [4.78, 5) is 10.6. The molecule has 1 aromatic carbocycles. The Morgan fingerprint density at radius 2 is 2.20 bits per heavy atom. The summed E-state index contributed by atoms with van der Waals surface area (Å²) >= 11 is 2.97. The van der Waals surface area contributed by atoms with Gasteiger partial charge in [-0.1, -0.05) is 41.3 Å². The highest BCUT2D eigenvalue weighted by atomic mass is 32.2. The molecule has 1 fully saturated rings. The van der Waals surface area contributed by atoms with Gasteiger partial charge in [-0.05, 0) is 12.8 Å². The fourth-order valence-electron chi connectivity index (χ4n) is 1.68. The average molecular weight is 308 g/mol. The minimum Gasteiger partial charge on any atom is -0.357 e. The monoisotopic (exact) mass is 308 g/mol. The SMILES string of the molecule is O=[N+]([O-])c1ccccc1CSc1nnc(NC2CC2)s1. The third kappa shape index (κ3) is 3.26. The molecule has 1 aliphatic carbocycles. The fourth-order valence-corrected chi connectivity index (χ4v) is 3.50. The number of nitrogens with zero attached hydrogens (tertiary/aromatic N) is 3. The van der Waals surface area contributed by atoms with Crippen LogP contribution in [-0.4, -0.2) is 21.2 Å². The molecule has 0 radical (unpaired) electrons. The van der Waals surface area contributed by atoms with Gasteiger partial charge in [-0.25, -0.2) is 0 Å². The second-order valence-corrected chi connectivity index (χ2v) is 6.67. The number of nitrogens with one attached hydrogen (secondary N) is 1. The minimum atomic E-state index is -0.351. The van der Waals surface area contributed by atoms with Crippen molar-refractivity contribution >= 4 is 33.9 Å². The van der Waals surface area contributed by atoms with Gasteiger partial charge in [-0.15, -0.1) is 10.2 Å². The predicted molar refractivity (Wildman–Crippen MR) is 79.2 cm³/mol. The number of rotatable bonds is 6. The number of hydrogen-bond acceptors (Lipinski definition) is 7. The highest BCUT2D eigenvalue weighted by molar-refractivity contribution is 8.00. The molecule has 1 heterocycles. The Morgan fingerprint density at radius 3 is 2.95 bits per heavy atom. The molecule has 1 N–H and O–H groups in total. The second kappa shape index (κ2) is 5.76. The van der Waals surface area contributed by atoms with Gasteiger partial charge in [0.05, 0.1) is 4.92 Å². The molecule has 1 aromatic heterocycles. The lowest BCUT2D eigenvalue weighted by atomic mass is 10.2. The van der Waals surface area contributed by atoms with E-state index in [0.29, 0.717) is 17.4 Å². The standard InChI is InChI=1S/C12H12N4O2S2/c17-16(18)10-4-2-1-3-8(10)7-19-12-15-14-11(20-12)13-9-5-6-9/h1-4,9H,5-7H2,(H,13,14). The molecule has 0 aliphatic heterocycles. The molecule has 0 unspecified atom stereocenters. The van der Waals surface area contributed by atoms with Crippen LogP contribution in [0.5, 0.6) is 0 Å². The Kier molecular flexibility index (Phi) is 3.83. The van der Waals surface area contributed by atoms with Gasteiger partial charge >= 0.3 is 0 Å². The van der Waals surface area contributed by atoms with Crippen molar-refractivity contribution in [3.63, 3.8) is 0 Å². The Morgan fingerprint density at radius 1 is 1.40 bits per heavy atom. The Bertz CT molecular complexity index is 627. The summed E-state index contributed by atoms with van der Waals surface area (Å²) < 4.78 is 0.825. The molecule has 0 bridgehead atoms. The van der Waals surface area contributed by atoms with E-state index >= 15 is 0 Å². The van der Waals surface area contributed by atoms with Crippen molar-refractivity contribution in [2.24, 2.45) is 0 Å². The summed E-state index contributed by atoms with van der Waals surface area (Å²) in [5.41, 5.74) is 0.857. The first-order valence-corrected chi connectivity index (χ1v) is 7.98. The zero-order valence-electron chi connectivity index (χ0n) is 10.5. The molecule has 20 heavy (non-hydrogen) atoms. The van der Waals surface area contributed by atoms with Gasteiger partial charge in [0.1, 0.15) is 0 Å². The lowest BCUT2D eigenvalue weighted by Gasteiger charge is -2.00. The number of benzene rings is 1. The van der Waals surface area contributed by atoms with Crippen LogP contribution < -0.4 is 5.32 Å². The predicted octanol–water partition coefficient (Wildman–Crippen LogP) is 3.31. The second-order valence-electron chi connectivity index (χ2n) is 4.47. The first kappa shape index (κ1) is 13.3. The summed E-state index contributed by atoms with van der Waals surface area (Å²) in [6, 6.07) is 7.33. The number of hydrogen-bond donors (Lipinski definition) is 1. The van der Waals surface area contributed by atoms with Crippen LogP contribution in [-0.2, 0) is 5.75 Å². The van der Waals surface area contributed by atoms with E-state index in [-0.39, 0.29) is 10.6 Å². The highest BCUT2D eigenvalue weighted by Crippen LogP contribution is 2.33. The smallest absolute Gasteiger partial charge is 0.273 e. The molecule has 1 saturated carbocycles. The minimum absolute atomic E-state index is 0.154. The molecular formula is C12H12N4O2S2. The number of para-hydroxylation sites is 1. The number of nitro benzene ring substituents is 1. The zero-order valence-corrected chi connectivity index (χ0v) is 12.1. The Hall–Kier alpha value is -1.67. The largest absolute Gasteiger partial charge is 0.357 e. The lowest BCUT2D eigenvalue weighted by molar-refractivity contribution is -0.385. The molecule has 0 saturated heterocycles. The maximum absolute atomic E-state index is 10.9. The van der Waals surface area contributed by atoms with E-state index in [1.807, 2.05) is 6.07 Å². The summed E-state index contributed by atoms with van der Waals surface area (Å²) in [6.45, 7) is 0. The van der Waals surface area contributed by atoms with Gasteiger partial charge < -0.3 is 5.32 Å². The molecule has 0 spiro atoms. The molecule has 0 amide bonds. The molecule has 6 nitrogen and oxygen atoms in total. The van der Waals surface area contributed by atoms with Crippen LogP contribution in [0.15, 0.2) is 28.6 Å². The van der Waals surface area contributed by atoms with Crippen LogP contribution in [0, 0.1) is 10.1 Å². The average Bonchev–Trinajstić information content (AvgIpc) is 3.14. The summed E-state index contributed by atoms with van der Waals surface area (Å²) in [5.74, 6) is 0.523. The van der Waals surface area contributed by atoms with E-state index in [0.717, 1.165) is 9.47 Å². The van der Waals surface area contributed by atoms with Gasteiger partial charge in [0.2, 0.25) is 5.13 Å². The van der Waals surface area contributed by atoms with Crippen molar-refractivity contribution in [1.82, 2.24) is 10.2 Å². The first-order valence-electron chi connectivity index (χ1n) is 6.17.